The summed E-state index contributed by atoms with van der Waals surface area (Å²) < 4.78 is 5.59. The van der Waals surface area contributed by atoms with E-state index in [1.54, 1.807) is 0 Å². The van der Waals surface area contributed by atoms with Crippen molar-refractivity contribution in [2.24, 2.45) is 0 Å². The smallest absolute Gasteiger partial charge is 0.119 e. The number of benzene rings is 1. The van der Waals surface area contributed by atoms with Crippen molar-refractivity contribution in [2.75, 3.05) is 6.61 Å². The molecule has 1 aromatic rings. The van der Waals surface area contributed by atoms with Crippen LogP contribution in [0.4, 0.5) is 0 Å². The van der Waals surface area contributed by atoms with Gasteiger partial charge in [-0.1, -0.05) is 39.8 Å². The lowest BCUT2D eigenvalue weighted by molar-refractivity contribution is 0.316. The minimum atomic E-state index is 0.200. The van der Waals surface area contributed by atoms with Crippen LogP contribution in [0.5, 0.6) is 5.75 Å². The number of ether oxygens (including phenoxy) is 1. The third kappa shape index (κ3) is 3.06. The van der Waals surface area contributed by atoms with Gasteiger partial charge in [-0.2, -0.15) is 0 Å². The molecule has 0 saturated heterocycles. The first-order chi connectivity index (χ1) is 6.54. The fourth-order valence-corrected chi connectivity index (χ4v) is 1.27. The SMILES string of the molecule is CCCOc1cccc(C(C)(C)C)c1. The van der Waals surface area contributed by atoms with Gasteiger partial charge in [-0.05, 0) is 29.5 Å². The summed E-state index contributed by atoms with van der Waals surface area (Å²) in [7, 11) is 0. The molecule has 0 amide bonds. The lowest BCUT2D eigenvalue weighted by Gasteiger charge is -2.19. The van der Waals surface area contributed by atoms with Crippen LogP contribution < -0.4 is 4.74 Å². The van der Waals surface area contributed by atoms with Crippen LogP contribution in [0.15, 0.2) is 24.3 Å². The van der Waals surface area contributed by atoms with Gasteiger partial charge in [0.1, 0.15) is 5.75 Å². The van der Waals surface area contributed by atoms with E-state index in [1.165, 1.54) is 5.56 Å². The summed E-state index contributed by atoms with van der Waals surface area (Å²) in [5.74, 6) is 0.985. The van der Waals surface area contributed by atoms with Gasteiger partial charge in [-0.25, -0.2) is 0 Å². The second-order valence-corrected chi connectivity index (χ2v) is 4.63. The van der Waals surface area contributed by atoms with Crippen LogP contribution in [0.1, 0.15) is 39.7 Å². The Morgan fingerprint density at radius 3 is 2.50 bits per heavy atom. The summed E-state index contributed by atoms with van der Waals surface area (Å²) >= 11 is 0. The quantitative estimate of drug-likeness (QED) is 0.708. The molecule has 0 saturated carbocycles. The average molecular weight is 192 g/mol. The molecule has 78 valence electrons. The van der Waals surface area contributed by atoms with Gasteiger partial charge in [0.15, 0.2) is 0 Å². The molecule has 1 aromatic carbocycles. The van der Waals surface area contributed by atoms with Crippen LogP contribution >= 0.6 is 0 Å². The van der Waals surface area contributed by atoms with Crippen molar-refractivity contribution in [1.82, 2.24) is 0 Å². The number of hydrogen-bond donors (Lipinski definition) is 0. The molecule has 0 bridgehead atoms. The van der Waals surface area contributed by atoms with Crippen molar-refractivity contribution < 1.29 is 4.74 Å². The summed E-state index contributed by atoms with van der Waals surface area (Å²) in [5, 5.41) is 0. The molecule has 0 unspecified atom stereocenters. The second-order valence-electron chi connectivity index (χ2n) is 4.63. The summed E-state index contributed by atoms with van der Waals surface area (Å²) in [5.41, 5.74) is 1.53. The van der Waals surface area contributed by atoms with Crippen LogP contribution in [-0.4, -0.2) is 6.61 Å². The molecule has 0 aromatic heterocycles. The summed E-state index contributed by atoms with van der Waals surface area (Å²) in [4.78, 5) is 0. The van der Waals surface area contributed by atoms with E-state index in [0.717, 1.165) is 18.8 Å². The van der Waals surface area contributed by atoms with Crippen molar-refractivity contribution in [3.63, 3.8) is 0 Å². The van der Waals surface area contributed by atoms with E-state index in [4.69, 9.17) is 4.74 Å². The molecule has 0 fully saturated rings. The predicted octanol–water partition coefficient (Wildman–Crippen LogP) is 3.77. The first kappa shape index (κ1) is 11.1. The molecule has 1 nitrogen and oxygen atoms in total. The molecule has 0 spiro atoms. The van der Waals surface area contributed by atoms with Crippen LogP contribution in [0, 0.1) is 0 Å². The molecular formula is C13H20O. The largest absolute Gasteiger partial charge is 0.494 e. The van der Waals surface area contributed by atoms with Crippen molar-refractivity contribution in [3.05, 3.63) is 29.8 Å². The Labute approximate surface area is 87.1 Å². The number of rotatable bonds is 3. The number of hydrogen-bond acceptors (Lipinski definition) is 1. The Kier molecular flexibility index (Phi) is 3.56. The molecule has 0 aliphatic rings. The van der Waals surface area contributed by atoms with E-state index in [9.17, 15) is 0 Å². The Morgan fingerprint density at radius 1 is 1.21 bits per heavy atom. The fourth-order valence-electron chi connectivity index (χ4n) is 1.27. The molecule has 0 radical (unpaired) electrons. The van der Waals surface area contributed by atoms with Crippen LogP contribution in [0.3, 0.4) is 0 Å². The molecule has 0 N–H and O–H groups in total. The summed E-state index contributed by atoms with van der Waals surface area (Å²) in [6.45, 7) is 9.56. The summed E-state index contributed by atoms with van der Waals surface area (Å²) in [6, 6.07) is 8.37. The van der Waals surface area contributed by atoms with Gasteiger partial charge < -0.3 is 4.74 Å². The molecule has 14 heavy (non-hydrogen) atoms. The molecule has 0 heterocycles. The van der Waals surface area contributed by atoms with Crippen LogP contribution in [0.25, 0.3) is 0 Å². The Bertz CT molecular complexity index is 284. The molecule has 1 rings (SSSR count). The Balaban J connectivity index is 2.79. The lowest BCUT2D eigenvalue weighted by atomic mass is 9.87. The predicted molar refractivity (Wildman–Crippen MR) is 60.9 cm³/mol. The van der Waals surface area contributed by atoms with Crippen LogP contribution in [0.2, 0.25) is 0 Å². The van der Waals surface area contributed by atoms with E-state index < -0.39 is 0 Å². The highest BCUT2D eigenvalue weighted by atomic mass is 16.5. The minimum Gasteiger partial charge on any atom is -0.494 e. The molecule has 0 aliphatic heterocycles. The topological polar surface area (TPSA) is 9.23 Å². The second kappa shape index (κ2) is 4.50. The highest BCUT2D eigenvalue weighted by molar-refractivity contribution is 5.32. The highest BCUT2D eigenvalue weighted by Gasteiger charge is 2.13. The maximum absolute atomic E-state index is 5.59. The maximum Gasteiger partial charge on any atom is 0.119 e. The van der Waals surface area contributed by atoms with Gasteiger partial charge in [-0.15, -0.1) is 0 Å². The molecule has 0 aliphatic carbocycles. The molecular weight excluding hydrogens is 172 g/mol. The van der Waals surface area contributed by atoms with Gasteiger partial charge in [-0.3, -0.25) is 0 Å². The Hall–Kier alpha value is -0.980. The van der Waals surface area contributed by atoms with Gasteiger partial charge in [0.2, 0.25) is 0 Å². The summed E-state index contributed by atoms with van der Waals surface area (Å²) in [6.07, 6.45) is 1.06. The third-order valence-corrected chi connectivity index (χ3v) is 2.17. The van der Waals surface area contributed by atoms with Gasteiger partial charge in [0.05, 0.1) is 6.61 Å². The molecule has 0 atom stereocenters. The highest BCUT2D eigenvalue weighted by Crippen LogP contribution is 2.25. The zero-order valence-electron chi connectivity index (χ0n) is 9.63. The van der Waals surface area contributed by atoms with E-state index in [2.05, 4.69) is 45.9 Å². The average Bonchev–Trinajstić information content (AvgIpc) is 2.14. The van der Waals surface area contributed by atoms with Crippen molar-refractivity contribution in [1.29, 1.82) is 0 Å². The third-order valence-electron chi connectivity index (χ3n) is 2.17. The fraction of sp³-hybridized carbons (Fsp3) is 0.538. The van der Waals surface area contributed by atoms with E-state index in [1.807, 2.05) is 6.07 Å². The zero-order valence-corrected chi connectivity index (χ0v) is 9.63. The minimum absolute atomic E-state index is 0.200. The van der Waals surface area contributed by atoms with E-state index in [-0.39, 0.29) is 5.41 Å². The van der Waals surface area contributed by atoms with E-state index in [0.29, 0.717) is 0 Å². The normalized spacial score (nSPS) is 11.4. The lowest BCUT2D eigenvalue weighted by Crippen LogP contribution is -2.11. The van der Waals surface area contributed by atoms with Gasteiger partial charge in [0.25, 0.3) is 0 Å². The van der Waals surface area contributed by atoms with Crippen molar-refractivity contribution in [3.8, 4) is 5.75 Å². The molecule has 1 heteroatoms. The van der Waals surface area contributed by atoms with Crippen LogP contribution in [-0.2, 0) is 5.41 Å². The van der Waals surface area contributed by atoms with Gasteiger partial charge >= 0.3 is 0 Å². The first-order valence-corrected chi connectivity index (χ1v) is 5.27. The van der Waals surface area contributed by atoms with Crippen molar-refractivity contribution >= 4 is 0 Å². The van der Waals surface area contributed by atoms with Crippen molar-refractivity contribution in [2.45, 2.75) is 39.5 Å². The Morgan fingerprint density at radius 2 is 1.93 bits per heavy atom. The zero-order chi connectivity index (χ0) is 10.6. The maximum atomic E-state index is 5.59. The monoisotopic (exact) mass is 192 g/mol. The van der Waals surface area contributed by atoms with Gasteiger partial charge in [0, 0.05) is 0 Å². The first-order valence-electron chi connectivity index (χ1n) is 5.27. The standard InChI is InChI=1S/C13H20O/c1-5-9-14-12-8-6-7-11(10-12)13(2,3)4/h6-8,10H,5,9H2,1-4H3. The van der Waals surface area contributed by atoms with E-state index >= 15 is 0 Å².